The normalized spacial score (nSPS) is 13.7. The fourth-order valence-corrected chi connectivity index (χ4v) is 3.71. The number of rotatable bonds is 5. The molecule has 2 heteroatoms. The zero-order valence-electron chi connectivity index (χ0n) is 8.17. The number of alkyl halides is 1. The highest BCUT2D eigenvalue weighted by atomic mass is 79.9. The number of hydrogen-bond acceptors (Lipinski definition) is 0. The van der Waals surface area contributed by atoms with Crippen LogP contribution >= 0.6 is 15.9 Å². The Morgan fingerprint density at radius 1 is 1.31 bits per heavy atom. The van der Waals surface area contributed by atoms with Gasteiger partial charge in [0.15, 0.2) is 0 Å². The fourth-order valence-electron chi connectivity index (χ4n) is 1.54. The Hall–Kier alpha value is -0.0831. The Balaban J connectivity index is 2.32. The average Bonchev–Trinajstić information content (AvgIpc) is 2.16. The zero-order chi connectivity index (χ0) is 9.52. The van der Waals surface area contributed by atoms with E-state index in [9.17, 15) is 0 Å². The number of halogens is 1. The van der Waals surface area contributed by atoms with Crippen molar-refractivity contribution in [2.45, 2.75) is 25.3 Å². The average molecular weight is 257 g/mol. The van der Waals surface area contributed by atoms with Crippen molar-refractivity contribution in [1.29, 1.82) is 0 Å². The first-order valence-electron chi connectivity index (χ1n) is 4.93. The summed E-state index contributed by atoms with van der Waals surface area (Å²) in [7, 11) is -0.0282. The molecule has 0 spiro atoms. The van der Waals surface area contributed by atoms with Crippen molar-refractivity contribution in [1.82, 2.24) is 0 Å². The predicted octanol–water partition coefficient (Wildman–Crippen LogP) is 2.46. The zero-order valence-corrected chi connectivity index (χ0v) is 11.2. The molecule has 1 aromatic carbocycles. The van der Waals surface area contributed by atoms with Gasteiger partial charge in [-0.1, -0.05) is 64.8 Å². The van der Waals surface area contributed by atoms with Crippen LogP contribution in [0, 0.1) is 0 Å². The van der Waals surface area contributed by atoms with Gasteiger partial charge in [-0.3, -0.25) is 0 Å². The molecule has 13 heavy (non-hydrogen) atoms. The second-order valence-corrected chi connectivity index (χ2v) is 7.04. The molecule has 0 saturated carbocycles. The SMILES string of the molecule is CC(CCCBr)[SiH2]c1ccccc1. The first kappa shape index (κ1) is 11.0. The van der Waals surface area contributed by atoms with E-state index in [-0.39, 0.29) is 9.52 Å². The molecule has 0 aliphatic heterocycles. The maximum Gasteiger partial charge on any atom is 0.0575 e. The highest BCUT2D eigenvalue weighted by Gasteiger charge is 2.03. The second-order valence-electron chi connectivity index (χ2n) is 3.63. The van der Waals surface area contributed by atoms with Gasteiger partial charge in [0.2, 0.25) is 0 Å². The number of benzene rings is 1. The lowest BCUT2D eigenvalue weighted by atomic mass is 10.3. The third-order valence-electron chi connectivity index (χ3n) is 2.26. The lowest BCUT2D eigenvalue weighted by Crippen LogP contribution is -2.17. The molecule has 72 valence electrons. The molecule has 0 nitrogen and oxygen atoms in total. The maximum absolute atomic E-state index is 3.48. The Kier molecular flexibility index (Phi) is 5.40. The van der Waals surface area contributed by atoms with Gasteiger partial charge in [-0.2, -0.15) is 0 Å². The minimum Gasteiger partial charge on any atom is -0.0928 e. The predicted molar refractivity (Wildman–Crippen MR) is 67.1 cm³/mol. The van der Waals surface area contributed by atoms with E-state index in [0.29, 0.717) is 0 Å². The van der Waals surface area contributed by atoms with E-state index in [1.54, 1.807) is 5.19 Å². The van der Waals surface area contributed by atoms with Crippen LogP contribution in [0.2, 0.25) is 5.54 Å². The van der Waals surface area contributed by atoms with E-state index in [1.807, 2.05) is 0 Å². The van der Waals surface area contributed by atoms with E-state index in [4.69, 9.17) is 0 Å². The van der Waals surface area contributed by atoms with Crippen LogP contribution in [0.25, 0.3) is 0 Å². The molecule has 1 atom stereocenters. The van der Waals surface area contributed by atoms with Crippen molar-refractivity contribution in [3.05, 3.63) is 30.3 Å². The van der Waals surface area contributed by atoms with Gasteiger partial charge < -0.3 is 0 Å². The molecule has 1 rings (SSSR count). The molecule has 0 aliphatic carbocycles. The summed E-state index contributed by atoms with van der Waals surface area (Å²) in [5.41, 5.74) is 0.944. The highest BCUT2D eigenvalue weighted by molar-refractivity contribution is 9.09. The van der Waals surface area contributed by atoms with Crippen molar-refractivity contribution >= 4 is 30.6 Å². The van der Waals surface area contributed by atoms with Gasteiger partial charge in [-0.15, -0.1) is 0 Å². The summed E-state index contributed by atoms with van der Waals surface area (Å²) in [5.74, 6) is 0. The van der Waals surface area contributed by atoms with Gasteiger partial charge in [-0.25, -0.2) is 0 Å². The Labute approximate surface area is 91.7 Å². The summed E-state index contributed by atoms with van der Waals surface area (Å²) in [6.45, 7) is 2.39. The molecule has 0 saturated heterocycles. The lowest BCUT2D eigenvalue weighted by Gasteiger charge is -2.08. The monoisotopic (exact) mass is 256 g/mol. The van der Waals surface area contributed by atoms with E-state index in [2.05, 4.69) is 53.2 Å². The quantitative estimate of drug-likeness (QED) is 0.561. The van der Waals surface area contributed by atoms with E-state index in [1.165, 1.54) is 12.8 Å². The molecule has 0 heterocycles. The Morgan fingerprint density at radius 2 is 2.00 bits per heavy atom. The van der Waals surface area contributed by atoms with Crippen molar-refractivity contribution in [2.24, 2.45) is 0 Å². The van der Waals surface area contributed by atoms with Gasteiger partial charge in [0.1, 0.15) is 0 Å². The van der Waals surface area contributed by atoms with Gasteiger partial charge in [0.25, 0.3) is 0 Å². The highest BCUT2D eigenvalue weighted by Crippen LogP contribution is 2.11. The minimum absolute atomic E-state index is 0.0282. The topological polar surface area (TPSA) is 0 Å². The number of hydrogen-bond donors (Lipinski definition) is 0. The van der Waals surface area contributed by atoms with Crippen LogP contribution in [0.5, 0.6) is 0 Å². The van der Waals surface area contributed by atoms with Crippen LogP contribution in [-0.4, -0.2) is 14.8 Å². The molecule has 0 fully saturated rings. The molecule has 0 aliphatic rings. The van der Waals surface area contributed by atoms with Crippen LogP contribution in [-0.2, 0) is 0 Å². The third-order valence-corrected chi connectivity index (χ3v) is 4.87. The maximum atomic E-state index is 3.48. The Morgan fingerprint density at radius 3 is 2.62 bits per heavy atom. The molecule has 0 radical (unpaired) electrons. The molecule has 0 bridgehead atoms. The lowest BCUT2D eigenvalue weighted by molar-refractivity contribution is 0.774. The smallest absolute Gasteiger partial charge is 0.0575 e. The fraction of sp³-hybridized carbons (Fsp3) is 0.455. The minimum atomic E-state index is -0.0282. The van der Waals surface area contributed by atoms with Crippen LogP contribution in [0.4, 0.5) is 0 Å². The summed E-state index contributed by atoms with van der Waals surface area (Å²) < 4.78 is 0. The summed E-state index contributed by atoms with van der Waals surface area (Å²) in [4.78, 5) is 0. The summed E-state index contributed by atoms with van der Waals surface area (Å²) in [5, 5.41) is 2.75. The molecule has 1 aromatic rings. The molecular formula is C11H17BrSi. The van der Waals surface area contributed by atoms with Crippen molar-refractivity contribution in [3.63, 3.8) is 0 Å². The second kappa shape index (κ2) is 6.38. The van der Waals surface area contributed by atoms with Gasteiger partial charge >= 0.3 is 0 Å². The standard InChI is InChI=1S/C11H17BrSi/c1-10(6-5-9-12)13-11-7-3-2-4-8-11/h2-4,7-8,10H,5-6,9,13H2,1H3. The van der Waals surface area contributed by atoms with Gasteiger partial charge in [0, 0.05) is 5.33 Å². The van der Waals surface area contributed by atoms with Crippen molar-refractivity contribution in [2.75, 3.05) is 5.33 Å². The summed E-state index contributed by atoms with van der Waals surface area (Å²) >= 11 is 3.48. The van der Waals surface area contributed by atoms with Gasteiger partial charge in [0.05, 0.1) is 9.52 Å². The molecule has 0 aromatic heterocycles. The van der Waals surface area contributed by atoms with Crippen LogP contribution in [0.1, 0.15) is 19.8 Å². The van der Waals surface area contributed by atoms with E-state index >= 15 is 0 Å². The first-order valence-corrected chi connectivity index (χ1v) is 7.57. The largest absolute Gasteiger partial charge is 0.0928 e. The van der Waals surface area contributed by atoms with E-state index < -0.39 is 0 Å². The van der Waals surface area contributed by atoms with Crippen molar-refractivity contribution in [3.8, 4) is 0 Å². The third kappa shape index (κ3) is 4.63. The Bertz CT molecular complexity index is 223. The molecular weight excluding hydrogens is 240 g/mol. The van der Waals surface area contributed by atoms with Crippen LogP contribution < -0.4 is 5.19 Å². The summed E-state index contributed by atoms with van der Waals surface area (Å²) in [6, 6.07) is 11.0. The summed E-state index contributed by atoms with van der Waals surface area (Å²) in [6.07, 6.45) is 2.70. The van der Waals surface area contributed by atoms with Crippen LogP contribution in [0.3, 0.4) is 0 Å². The molecule has 0 N–H and O–H groups in total. The van der Waals surface area contributed by atoms with E-state index in [0.717, 1.165) is 10.9 Å². The van der Waals surface area contributed by atoms with Crippen molar-refractivity contribution < 1.29 is 0 Å². The van der Waals surface area contributed by atoms with Gasteiger partial charge in [-0.05, 0) is 12.0 Å². The first-order chi connectivity index (χ1) is 6.33. The molecule has 0 amide bonds. The molecule has 1 unspecified atom stereocenters. The van der Waals surface area contributed by atoms with Crippen LogP contribution in [0.15, 0.2) is 30.3 Å².